The smallest absolute Gasteiger partial charge is 0.267 e. The lowest BCUT2D eigenvalue weighted by Gasteiger charge is -2.57. The van der Waals surface area contributed by atoms with E-state index in [1.807, 2.05) is 0 Å². The Morgan fingerprint density at radius 2 is 1.71 bits per heavy atom. The Labute approximate surface area is 204 Å². The van der Waals surface area contributed by atoms with Crippen LogP contribution in [0.25, 0.3) is 11.0 Å². The maximum atomic E-state index is 14.0. The number of aromatic hydroxyl groups is 1. The normalized spacial score (nSPS) is 31.0. The maximum Gasteiger partial charge on any atom is 0.267 e. The van der Waals surface area contributed by atoms with E-state index in [0.717, 1.165) is 37.0 Å². The molecule has 0 radical (unpaired) electrons. The van der Waals surface area contributed by atoms with Crippen molar-refractivity contribution in [3.8, 4) is 5.75 Å². The monoisotopic (exact) mass is 492 g/mol. The predicted molar refractivity (Wildman–Crippen MR) is 136 cm³/mol. The third kappa shape index (κ3) is 3.25. The molecule has 8 rings (SSSR count). The van der Waals surface area contributed by atoms with Crippen molar-refractivity contribution in [2.75, 3.05) is 5.32 Å². The number of para-hydroxylation sites is 1. The highest BCUT2D eigenvalue weighted by Gasteiger charge is 2.51. The maximum absolute atomic E-state index is 14.0. The minimum Gasteiger partial charge on any atom is -0.506 e. The zero-order chi connectivity index (χ0) is 23.9. The Balaban J connectivity index is 1.40. The molecule has 0 spiro atoms. The Morgan fingerprint density at radius 1 is 1.03 bits per heavy atom. The molecule has 3 heterocycles. The minimum absolute atomic E-state index is 0.0313. The van der Waals surface area contributed by atoms with Gasteiger partial charge >= 0.3 is 0 Å². The standard InChI is InChI=1S/C26H28N4O4S/c31-22-18-4-3-7-27-24(18)30(14-26-11-15-8-16(12-26)10-17(9-15)13-26)25(32)21(22)23-28-19-5-1-2-6-20(19)35(33,34)29-23/h1-7,15-17,31,33-34H,8-14H2,(H,28,29). The molecular formula is C26H28N4O4S. The second-order valence-corrected chi connectivity index (χ2v) is 12.6. The Bertz CT molecular complexity index is 1430. The van der Waals surface area contributed by atoms with Crippen LogP contribution in [-0.4, -0.2) is 29.6 Å². The number of benzene rings is 1. The number of amidine groups is 1. The Hall–Kier alpha value is -2.88. The zero-order valence-corrected chi connectivity index (χ0v) is 20.0. The van der Waals surface area contributed by atoms with E-state index in [1.165, 1.54) is 19.3 Å². The number of aromatic nitrogens is 2. The first-order valence-electron chi connectivity index (χ1n) is 12.3. The number of anilines is 1. The Kier molecular flexibility index (Phi) is 4.47. The summed E-state index contributed by atoms with van der Waals surface area (Å²) in [5.41, 5.74) is 0.511. The van der Waals surface area contributed by atoms with E-state index in [2.05, 4.69) is 14.7 Å². The van der Waals surface area contributed by atoms with Gasteiger partial charge in [-0.25, -0.2) is 4.98 Å². The third-order valence-electron chi connectivity index (χ3n) is 8.54. The van der Waals surface area contributed by atoms with Gasteiger partial charge in [0.25, 0.3) is 5.56 Å². The lowest BCUT2D eigenvalue weighted by Crippen LogP contribution is -2.49. The first-order chi connectivity index (χ1) is 16.8. The van der Waals surface area contributed by atoms with Crippen LogP contribution in [0.3, 0.4) is 0 Å². The van der Waals surface area contributed by atoms with E-state index >= 15 is 0 Å². The quantitative estimate of drug-likeness (QED) is 0.398. The van der Waals surface area contributed by atoms with Crippen LogP contribution in [0.1, 0.15) is 44.1 Å². The van der Waals surface area contributed by atoms with Crippen molar-refractivity contribution in [3.05, 3.63) is 58.5 Å². The van der Waals surface area contributed by atoms with Gasteiger partial charge in [0.15, 0.2) is 5.84 Å². The van der Waals surface area contributed by atoms with Crippen LogP contribution in [0.4, 0.5) is 5.69 Å². The summed E-state index contributed by atoms with van der Waals surface area (Å²) >= 11 is 0. The first kappa shape index (κ1) is 21.4. The van der Waals surface area contributed by atoms with Crippen molar-refractivity contribution in [2.24, 2.45) is 27.6 Å². The summed E-state index contributed by atoms with van der Waals surface area (Å²) in [5.74, 6) is 1.93. The van der Waals surface area contributed by atoms with Gasteiger partial charge < -0.3 is 10.4 Å². The molecule has 4 bridgehead atoms. The zero-order valence-electron chi connectivity index (χ0n) is 19.2. The van der Waals surface area contributed by atoms with Gasteiger partial charge in [0.05, 0.1) is 11.1 Å². The molecule has 0 atom stereocenters. The van der Waals surface area contributed by atoms with Gasteiger partial charge in [-0.05, 0) is 86.0 Å². The minimum atomic E-state index is -3.53. The molecule has 4 saturated carbocycles. The number of nitrogens with one attached hydrogen (secondary N) is 1. The molecule has 4 N–H and O–H groups in total. The van der Waals surface area contributed by atoms with Crippen molar-refractivity contribution in [1.82, 2.24) is 9.55 Å². The lowest BCUT2D eigenvalue weighted by atomic mass is 9.49. The van der Waals surface area contributed by atoms with Gasteiger partial charge in [0.2, 0.25) is 0 Å². The van der Waals surface area contributed by atoms with Crippen LogP contribution in [0.5, 0.6) is 5.75 Å². The number of pyridine rings is 2. The molecule has 35 heavy (non-hydrogen) atoms. The molecule has 4 fully saturated rings. The third-order valence-corrected chi connectivity index (χ3v) is 9.93. The SMILES string of the molecule is O=c1c(C2=NS(O)(O)c3ccccc3N2)c(O)c2cccnc2n1CC12CC3CC(CC(C3)C1)C2. The fourth-order valence-corrected chi connectivity index (χ4v) is 8.85. The van der Waals surface area contributed by atoms with E-state index < -0.39 is 16.3 Å². The molecule has 3 aromatic rings. The molecule has 2 aromatic heterocycles. The number of fused-ring (bicyclic) bond motifs is 2. The largest absolute Gasteiger partial charge is 0.506 e. The summed E-state index contributed by atoms with van der Waals surface area (Å²) < 4.78 is 27.3. The van der Waals surface area contributed by atoms with Crippen molar-refractivity contribution in [3.63, 3.8) is 0 Å². The molecule has 182 valence electrons. The second kappa shape index (κ2) is 7.32. The van der Waals surface area contributed by atoms with Gasteiger partial charge in [-0.1, -0.05) is 22.9 Å². The highest BCUT2D eigenvalue weighted by atomic mass is 32.3. The highest BCUT2D eigenvalue weighted by Crippen LogP contribution is 2.60. The van der Waals surface area contributed by atoms with Crippen molar-refractivity contribution in [2.45, 2.75) is 50.0 Å². The van der Waals surface area contributed by atoms with E-state index in [0.29, 0.717) is 23.3 Å². The summed E-state index contributed by atoms with van der Waals surface area (Å²) in [5, 5.41) is 14.7. The van der Waals surface area contributed by atoms with Gasteiger partial charge in [-0.3, -0.25) is 18.5 Å². The fourth-order valence-electron chi connectivity index (χ4n) is 7.69. The number of hydrogen-bond donors (Lipinski definition) is 4. The van der Waals surface area contributed by atoms with Crippen LogP contribution in [0.2, 0.25) is 0 Å². The summed E-state index contributed by atoms with van der Waals surface area (Å²) in [6, 6.07) is 10.2. The summed E-state index contributed by atoms with van der Waals surface area (Å²) in [4.78, 5) is 18.8. The van der Waals surface area contributed by atoms with Crippen molar-refractivity contribution in [1.29, 1.82) is 0 Å². The molecule has 8 nitrogen and oxygen atoms in total. The molecule has 1 aromatic carbocycles. The second-order valence-electron chi connectivity index (χ2n) is 11.0. The predicted octanol–water partition coefficient (Wildman–Crippen LogP) is 5.22. The molecule has 0 saturated heterocycles. The molecule has 0 amide bonds. The van der Waals surface area contributed by atoms with E-state index in [4.69, 9.17) is 0 Å². The number of rotatable bonds is 3. The molecule has 9 heteroatoms. The first-order valence-corrected chi connectivity index (χ1v) is 13.8. The van der Waals surface area contributed by atoms with Crippen LogP contribution < -0.4 is 10.9 Å². The molecule has 0 unspecified atom stereocenters. The molecule has 4 aliphatic carbocycles. The van der Waals surface area contributed by atoms with Crippen LogP contribution in [0, 0.1) is 23.2 Å². The van der Waals surface area contributed by atoms with Gasteiger partial charge in [-0.15, -0.1) is 4.40 Å². The average Bonchev–Trinajstić information content (AvgIpc) is 2.81. The van der Waals surface area contributed by atoms with E-state index in [-0.39, 0.29) is 27.5 Å². The van der Waals surface area contributed by atoms with Crippen LogP contribution in [-0.2, 0) is 6.54 Å². The van der Waals surface area contributed by atoms with Gasteiger partial charge in [0, 0.05) is 12.7 Å². The molecule has 5 aliphatic rings. The van der Waals surface area contributed by atoms with Crippen LogP contribution in [0.15, 0.2) is 56.7 Å². The van der Waals surface area contributed by atoms with Gasteiger partial charge in [-0.2, -0.15) is 0 Å². The average molecular weight is 493 g/mol. The van der Waals surface area contributed by atoms with Crippen molar-refractivity contribution < 1.29 is 14.2 Å². The number of nitrogens with zero attached hydrogens (tertiary/aromatic N) is 3. The summed E-state index contributed by atoms with van der Waals surface area (Å²) in [7, 11) is -3.53. The van der Waals surface area contributed by atoms with Gasteiger partial charge in [0.1, 0.15) is 21.9 Å². The summed E-state index contributed by atoms with van der Waals surface area (Å²) in [6.07, 6.45) is 8.96. The topological polar surface area (TPSA) is 120 Å². The summed E-state index contributed by atoms with van der Waals surface area (Å²) in [6.45, 7) is 0.552. The van der Waals surface area contributed by atoms with Crippen molar-refractivity contribution >= 4 is 33.3 Å². The number of hydrogen-bond acceptors (Lipinski definition) is 7. The lowest BCUT2D eigenvalue weighted by molar-refractivity contribution is -0.0618. The Morgan fingerprint density at radius 3 is 2.43 bits per heavy atom. The van der Waals surface area contributed by atoms with Crippen LogP contribution >= 0.6 is 10.8 Å². The molecular weight excluding hydrogens is 464 g/mol. The fraction of sp³-hybridized carbons (Fsp3) is 0.423. The van der Waals surface area contributed by atoms with E-state index in [1.54, 1.807) is 47.2 Å². The highest BCUT2D eigenvalue weighted by molar-refractivity contribution is 8.23. The van der Waals surface area contributed by atoms with E-state index in [9.17, 15) is 19.0 Å². The molecule has 1 aliphatic heterocycles.